The molecule has 1 aliphatic heterocycles. The highest BCUT2D eigenvalue weighted by Crippen LogP contribution is 2.50. The molecule has 1 amide bonds. The molecule has 202 valence electrons. The molecule has 9 nitrogen and oxygen atoms in total. The van der Waals surface area contributed by atoms with Gasteiger partial charge in [-0.15, -0.1) is 0 Å². The normalized spacial score (nSPS) is 30.1. The number of carbonyl (C=O) groups is 1. The minimum Gasteiger partial charge on any atom is -0.365 e. The fourth-order valence-corrected chi connectivity index (χ4v) is 6.84. The van der Waals surface area contributed by atoms with E-state index < -0.39 is 16.4 Å². The van der Waals surface area contributed by atoms with E-state index in [9.17, 15) is 18.3 Å². The van der Waals surface area contributed by atoms with Crippen LogP contribution in [-0.4, -0.2) is 99.1 Å². The van der Waals surface area contributed by atoms with Crippen LogP contribution in [0, 0.1) is 5.92 Å². The van der Waals surface area contributed by atoms with Gasteiger partial charge in [0.2, 0.25) is 15.9 Å². The molecule has 1 spiro atoms. The smallest absolute Gasteiger partial charge is 0.234 e. The van der Waals surface area contributed by atoms with Crippen molar-refractivity contribution in [2.24, 2.45) is 5.92 Å². The number of aliphatic hydroxyl groups is 1. The van der Waals surface area contributed by atoms with Crippen molar-refractivity contribution >= 4 is 15.9 Å². The average Bonchev–Trinajstić information content (AvgIpc) is 3.04. The van der Waals surface area contributed by atoms with Gasteiger partial charge in [-0.05, 0) is 64.1 Å². The average molecular weight is 522 g/mol. The van der Waals surface area contributed by atoms with Crippen molar-refractivity contribution in [1.29, 1.82) is 0 Å². The van der Waals surface area contributed by atoms with Crippen LogP contribution in [0.5, 0.6) is 0 Å². The maximum Gasteiger partial charge on any atom is 0.234 e. The first-order valence-electron chi connectivity index (χ1n) is 13.2. The maximum atomic E-state index is 12.6. The third kappa shape index (κ3) is 5.95. The zero-order chi connectivity index (χ0) is 26.0. The Bertz CT molecular complexity index is 991. The van der Waals surface area contributed by atoms with Gasteiger partial charge in [-0.1, -0.05) is 36.8 Å². The van der Waals surface area contributed by atoms with Crippen LogP contribution in [0.2, 0.25) is 0 Å². The van der Waals surface area contributed by atoms with Crippen molar-refractivity contribution in [3.63, 3.8) is 0 Å². The summed E-state index contributed by atoms with van der Waals surface area (Å²) in [6.07, 6.45) is 7.89. The van der Waals surface area contributed by atoms with E-state index in [1.165, 1.54) is 24.8 Å². The topological polar surface area (TPSA) is 105 Å². The number of sulfonamides is 1. The SMILES string of the molecule is CN(C)[C@]1(c2ccccc2)CC[C@]2(CC1)CN(CC(=O)NCCNS(C)(=O)=O)C(O)N2CC1CCC1. The predicted octanol–water partition coefficient (Wildman–Crippen LogP) is 1.12. The molecular weight excluding hydrogens is 478 g/mol. The molecule has 3 fully saturated rings. The van der Waals surface area contributed by atoms with E-state index in [-0.39, 0.29) is 36.6 Å². The molecule has 0 aromatic heterocycles. The van der Waals surface area contributed by atoms with Gasteiger partial charge in [0.15, 0.2) is 6.35 Å². The second-order valence-electron chi connectivity index (χ2n) is 11.2. The standard InChI is InChI=1S/C26H43N5O4S/c1-29(2)26(22-10-5-4-6-11-22)14-12-25(13-15-26)20-30(24(33)31(25)18-21-8-7-9-21)19-23(32)27-16-17-28-36(3,34)35/h4-6,10-11,21,24,28,33H,7-9,12-20H2,1-3H3,(H,27,32)/t24?,25-,26+. The Kier molecular flexibility index (Phi) is 8.43. The quantitative estimate of drug-likeness (QED) is 0.396. The molecule has 10 heteroatoms. The lowest BCUT2D eigenvalue weighted by Crippen LogP contribution is -2.57. The van der Waals surface area contributed by atoms with E-state index in [0.29, 0.717) is 12.5 Å². The van der Waals surface area contributed by atoms with E-state index in [1.54, 1.807) is 0 Å². The van der Waals surface area contributed by atoms with Gasteiger partial charge >= 0.3 is 0 Å². The number of benzene rings is 1. The molecule has 1 unspecified atom stereocenters. The maximum absolute atomic E-state index is 12.6. The monoisotopic (exact) mass is 521 g/mol. The molecular formula is C26H43N5O4S. The van der Waals surface area contributed by atoms with Crippen molar-refractivity contribution < 1.29 is 18.3 Å². The van der Waals surface area contributed by atoms with E-state index in [2.05, 4.69) is 64.3 Å². The van der Waals surface area contributed by atoms with Crippen LogP contribution in [0.15, 0.2) is 30.3 Å². The van der Waals surface area contributed by atoms with Crippen molar-refractivity contribution in [3.8, 4) is 0 Å². The molecule has 1 saturated heterocycles. The number of nitrogens with one attached hydrogen (secondary N) is 2. The molecule has 0 bridgehead atoms. The van der Waals surface area contributed by atoms with Crippen molar-refractivity contribution in [2.75, 3.05) is 53.1 Å². The second-order valence-corrected chi connectivity index (χ2v) is 13.1. The highest BCUT2D eigenvalue weighted by Gasteiger charge is 2.55. The molecule has 1 aromatic rings. The van der Waals surface area contributed by atoms with Gasteiger partial charge in [0.05, 0.1) is 12.8 Å². The van der Waals surface area contributed by atoms with Gasteiger partial charge in [0, 0.05) is 37.3 Å². The fourth-order valence-electron chi connectivity index (χ4n) is 6.37. The summed E-state index contributed by atoms with van der Waals surface area (Å²) in [4.78, 5) is 19.2. The second kappa shape index (κ2) is 11.0. The lowest BCUT2D eigenvalue weighted by atomic mass is 9.68. The van der Waals surface area contributed by atoms with Gasteiger partial charge in [0.1, 0.15) is 0 Å². The Morgan fingerprint density at radius 1 is 1.11 bits per heavy atom. The highest BCUT2D eigenvalue weighted by atomic mass is 32.2. The summed E-state index contributed by atoms with van der Waals surface area (Å²) >= 11 is 0. The lowest BCUT2D eigenvalue weighted by molar-refractivity contribution is -0.130. The van der Waals surface area contributed by atoms with Crippen LogP contribution >= 0.6 is 0 Å². The lowest BCUT2D eigenvalue weighted by Gasteiger charge is -2.52. The number of carbonyl (C=O) groups excluding carboxylic acids is 1. The third-order valence-corrected chi connectivity index (χ3v) is 9.45. The van der Waals surface area contributed by atoms with Crippen LogP contribution < -0.4 is 10.0 Å². The molecule has 36 heavy (non-hydrogen) atoms. The van der Waals surface area contributed by atoms with Crippen molar-refractivity contribution in [3.05, 3.63) is 35.9 Å². The van der Waals surface area contributed by atoms with Crippen LogP contribution in [0.4, 0.5) is 0 Å². The molecule has 1 aromatic carbocycles. The van der Waals surface area contributed by atoms with Gasteiger partial charge in [0.25, 0.3) is 0 Å². The minimum absolute atomic E-state index is 0.0307. The third-order valence-electron chi connectivity index (χ3n) is 8.72. The Labute approximate surface area is 216 Å². The number of aliphatic hydroxyl groups excluding tert-OH is 1. The van der Waals surface area contributed by atoms with E-state index >= 15 is 0 Å². The van der Waals surface area contributed by atoms with Gasteiger partial charge in [-0.25, -0.2) is 13.1 Å². The predicted molar refractivity (Wildman–Crippen MR) is 140 cm³/mol. The number of hydrogen-bond acceptors (Lipinski definition) is 7. The molecule has 2 aliphatic carbocycles. The van der Waals surface area contributed by atoms with Gasteiger partial charge in [-0.2, -0.15) is 0 Å². The first-order valence-corrected chi connectivity index (χ1v) is 15.1. The zero-order valence-corrected chi connectivity index (χ0v) is 22.8. The zero-order valence-electron chi connectivity index (χ0n) is 21.9. The Morgan fingerprint density at radius 2 is 1.78 bits per heavy atom. The van der Waals surface area contributed by atoms with Crippen molar-refractivity contribution in [1.82, 2.24) is 24.7 Å². The Balaban J connectivity index is 1.45. The molecule has 4 rings (SSSR count). The summed E-state index contributed by atoms with van der Waals surface area (Å²) in [5.41, 5.74) is 1.16. The fraction of sp³-hybridized carbons (Fsp3) is 0.731. The number of nitrogens with zero attached hydrogens (tertiary/aromatic N) is 3. The van der Waals surface area contributed by atoms with Crippen LogP contribution in [0.1, 0.15) is 50.5 Å². The van der Waals surface area contributed by atoms with Crippen molar-refractivity contribution in [2.45, 2.75) is 62.4 Å². The highest BCUT2D eigenvalue weighted by molar-refractivity contribution is 7.88. The van der Waals surface area contributed by atoms with Crippen LogP contribution in [0.25, 0.3) is 0 Å². The van der Waals surface area contributed by atoms with E-state index in [0.717, 1.165) is 38.5 Å². The van der Waals surface area contributed by atoms with Crippen LogP contribution in [-0.2, 0) is 20.4 Å². The summed E-state index contributed by atoms with van der Waals surface area (Å²) in [5.74, 6) is 0.412. The first kappa shape index (κ1) is 27.5. The minimum atomic E-state index is -3.29. The largest absolute Gasteiger partial charge is 0.365 e. The summed E-state index contributed by atoms with van der Waals surface area (Å²) in [6, 6.07) is 10.7. The molecule has 3 aliphatic rings. The Morgan fingerprint density at radius 3 is 2.33 bits per heavy atom. The van der Waals surface area contributed by atoms with Crippen LogP contribution in [0.3, 0.4) is 0 Å². The summed E-state index contributed by atoms with van der Waals surface area (Å²) in [5, 5.41) is 14.2. The number of hydrogen-bond donors (Lipinski definition) is 3. The molecule has 1 heterocycles. The molecule has 1 atom stereocenters. The molecule has 3 N–H and O–H groups in total. The summed E-state index contributed by atoms with van der Waals surface area (Å²) in [7, 11) is 1.04. The number of amides is 1. The molecule has 0 radical (unpaired) electrons. The van der Waals surface area contributed by atoms with Gasteiger partial charge in [-0.3, -0.25) is 19.5 Å². The van der Waals surface area contributed by atoms with E-state index in [1.807, 2.05) is 4.90 Å². The summed E-state index contributed by atoms with van der Waals surface area (Å²) < 4.78 is 24.8. The Hall–Kier alpha value is -1.56. The molecule has 2 saturated carbocycles. The summed E-state index contributed by atoms with van der Waals surface area (Å²) in [6.45, 7) is 2.00. The number of rotatable bonds is 10. The van der Waals surface area contributed by atoms with Gasteiger partial charge < -0.3 is 10.4 Å². The first-order chi connectivity index (χ1) is 17.0. The van der Waals surface area contributed by atoms with E-state index in [4.69, 9.17) is 0 Å².